The van der Waals surface area contributed by atoms with Gasteiger partial charge in [0.2, 0.25) is 0 Å². The second kappa shape index (κ2) is 5.20. The van der Waals surface area contributed by atoms with Gasteiger partial charge in [-0.05, 0) is 44.9 Å². The van der Waals surface area contributed by atoms with Crippen molar-refractivity contribution < 1.29 is 9.53 Å². The number of benzene rings is 1. The van der Waals surface area contributed by atoms with Gasteiger partial charge in [-0.25, -0.2) is 4.79 Å². The van der Waals surface area contributed by atoms with Crippen molar-refractivity contribution in [2.75, 3.05) is 24.5 Å². The van der Waals surface area contributed by atoms with E-state index in [4.69, 9.17) is 4.74 Å². The first-order valence-electron chi connectivity index (χ1n) is 7.36. The molecule has 3 rings (SSSR count). The lowest BCUT2D eigenvalue weighted by Crippen LogP contribution is -2.54. The molecule has 1 atom stereocenters. The summed E-state index contributed by atoms with van der Waals surface area (Å²) < 4.78 is 6.59. The minimum atomic E-state index is -0.433. The van der Waals surface area contributed by atoms with Crippen molar-refractivity contribution in [2.24, 2.45) is 0 Å². The molecule has 114 valence electrons. The molecular formula is C16H21BrN2O2. The molecule has 2 heterocycles. The summed E-state index contributed by atoms with van der Waals surface area (Å²) in [6.45, 7) is 8.05. The highest BCUT2D eigenvalue weighted by molar-refractivity contribution is 9.10. The van der Waals surface area contributed by atoms with Gasteiger partial charge in [0.1, 0.15) is 5.60 Å². The van der Waals surface area contributed by atoms with Crippen LogP contribution in [-0.2, 0) is 11.2 Å². The number of carbonyl (C=O) groups excluding carboxylic acids is 1. The molecule has 1 aromatic carbocycles. The lowest BCUT2D eigenvalue weighted by molar-refractivity contribution is 0.0217. The third kappa shape index (κ3) is 3.03. The Balaban J connectivity index is 1.71. The van der Waals surface area contributed by atoms with Gasteiger partial charge in [-0.3, -0.25) is 0 Å². The average molecular weight is 353 g/mol. The SMILES string of the molecule is CC(C)(C)OC(=O)N1CCN2c3cc(Br)ccc3CC2C1. The van der Waals surface area contributed by atoms with Crippen LogP contribution in [0.4, 0.5) is 10.5 Å². The summed E-state index contributed by atoms with van der Waals surface area (Å²) in [5, 5.41) is 0. The van der Waals surface area contributed by atoms with Crippen molar-refractivity contribution >= 4 is 27.7 Å². The lowest BCUT2D eigenvalue weighted by atomic mass is 10.1. The molecule has 0 radical (unpaired) electrons. The summed E-state index contributed by atoms with van der Waals surface area (Å²) >= 11 is 3.54. The molecule has 0 saturated carbocycles. The number of fused-ring (bicyclic) bond motifs is 3. The van der Waals surface area contributed by atoms with Gasteiger partial charge in [0.25, 0.3) is 0 Å². The normalized spacial score (nSPS) is 21.0. The topological polar surface area (TPSA) is 32.8 Å². The van der Waals surface area contributed by atoms with Gasteiger partial charge >= 0.3 is 6.09 Å². The molecule has 2 aliphatic heterocycles. The number of anilines is 1. The van der Waals surface area contributed by atoms with Crippen LogP contribution >= 0.6 is 15.9 Å². The summed E-state index contributed by atoms with van der Waals surface area (Å²) in [5.41, 5.74) is 2.24. The molecule has 5 heteroatoms. The smallest absolute Gasteiger partial charge is 0.410 e. The summed E-state index contributed by atoms with van der Waals surface area (Å²) in [5.74, 6) is 0. The van der Waals surface area contributed by atoms with E-state index in [-0.39, 0.29) is 6.09 Å². The molecule has 2 aliphatic rings. The molecule has 21 heavy (non-hydrogen) atoms. The fourth-order valence-corrected chi connectivity index (χ4v) is 3.42. The first-order valence-corrected chi connectivity index (χ1v) is 8.16. The first-order chi connectivity index (χ1) is 9.83. The zero-order valence-corrected chi connectivity index (χ0v) is 14.3. The minimum Gasteiger partial charge on any atom is -0.444 e. The number of nitrogens with zero attached hydrogens (tertiary/aromatic N) is 2. The van der Waals surface area contributed by atoms with Crippen LogP contribution in [0.25, 0.3) is 0 Å². The Kier molecular flexibility index (Phi) is 3.64. The molecular weight excluding hydrogens is 332 g/mol. The van der Waals surface area contributed by atoms with Gasteiger partial charge < -0.3 is 14.5 Å². The van der Waals surface area contributed by atoms with Crippen LogP contribution in [0.2, 0.25) is 0 Å². The van der Waals surface area contributed by atoms with E-state index in [0.29, 0.717) is 6.04 Å². The van der Waals surface area contributed by atoms with Crippen LogP contribution in [0.3, 0.4) is 0 Å². The molecule has 0 bridgehead atoms. The number of hydrogen-bond donors (Lipinski definition) is 0. The molecule has 0 aliphatic carbocycles. The van der Waals surface area contributed by atoms with Gasteiger partial charge in [-0.2, -0.15) is 0 Å². The number of halogens is 1. The van der Waals surface area contributed by atoms with Crippen molar-refractivity contribution in [3.05, 3.63) is 28.2 Å². The minimum absolute atomic E-state index is 0.195. The molecule has 1 aromatic rings. The highest BCUT2D eigenvalue weighted by atomic mass is 79.9. The second-order valence-corrected chi connectivity index (χ2v) is 7.67. The molecule has 0 N–H and O–H groups in total. The molecule has 1 fully saturated rings. The largest absolute Gasteiger partial charge is 0.444 e. The number of ether oxygens (including phenoxy) is 1. The van der Waals surface area contributed by atoms with E-state index in [1.165, 1.54) is 11.3 Å². The molecule has 4 nitrogen and oxygen atoms in total. The Labute approximate surface area is 134 Å². The summed E-state index contributed by atoms with van der Waals surface area (Å²) in [7, 11) is 0. The van der Waals surface area contributed by atoms with Crippen molar-refractivity contribution in [2.45, 2.75) is 38.8 Å². The number of piperazine rings is 1. The highest BCUT2D eigenvalue weighted by Crippen LogP contribution is 2.36. The van der Waals surface area contributed by atoms with Crippen molar-refractivity contribution in [3.8, 4) is 0 Å². The summed E-state index contributed by atoms with van der Waals surface area (Å²) in [4.78, 5) is 16.5. The van der Waals surface area contributed by atoms with E-state index >= 15 is 0 Å². The van der Waals surface area contributed by atoms with Gasteiger partial charge in [0.15, 0.2) is 0 Å². The number of rotatable bonds is 0. The monoisotopic (exact) mass is 352 g/mol. The van der Waals surface area contributed by atoms with E-state index < -0.39 is 5.60 Å². The maximum absolute atomic E-state index is 12.2. The van der Waals surface area contributed by atoms with Gasteiger partial charge in [-0.15, -0.1) is 0 Å². The Morgan fingerprint density at radius 3 is 2.81 bits per heavy atom. The van der Waals surface area contributed by atoms with E-state index in [9.17, 15) is 4.79 Å². The van der Waals surface area contributed by atoms with E-state index in [0.717, 1.165) is 30.5 Å². The van der Waals surface area contributed by atoms with Crippen LogP contribution < -0.4 is 4.90 Å². The van der Waals surface area contributed by atoms with Gasteiger partial charge in [-0.1, -0.05) is 22.0 Å². The summed E-state index contributed by atoms with van der Waals surface area (Å²) in [6, 6.07) is 6.81. The quantitative estimate of drug-likeness (QED) is 0.716. The third-order valence-corrected chi connectivity index (χ3v) is 4.44. The average Bonchev–Trinajstić information content (AvgIpc) is 2.73. The van der Waals surface area contributed by atoms with Crippen LogP contribution in [-0.4, -0.2) is 42.3 Å². The first kappa shape index (κ1) is 14.7. The maximum Gasteiger partial charge on any atom is 0.410 e. The highest BCUT2D eigenvalue weighted by Gasteiger charge is 2.36. The molecule has 1 unspecified atom stereocenters. The zero-order chi connectivity index (χ0) is 15.2. The van der Waals surface area contributed by atoms with Crippen LogP contribution in [0.1, 0.15) is 26.3 Å². The van der Waals surface area contributed by atoms with Gasteiger partial charge in [0, 0.05) is 29.8 Å². The van der Waals surface area contributed by atoms with E-state index in [2.05, 4.69) is 39.0 Å². The van der Waals surface area contributed by atoms with Gasteiger partial charge in [0.05, 0.1) is 6.04 Å². The molecule has 1 amide bonds. The Bertz CT molecular complexity index is 568. The predicted molar refractivity (Wildman–Crippen MR) is 86.8 cm³/mol. The third-order valence-electron chi connectivity index (χ3n) is 3.95. The molecule has 0 spiro atoms. The van der Waals surface area contributed by atoms with Crippen molar-refractivity contribution in [1.29, 1.82) is 0 Å². The molecule has 1 saturated heterocycles. The Morgan fingerprint density at radius 1 is 1.33 bits per heavy atom. The van der Waals surface area contributed by atoms with E-state index in [1.54, 1.807) is 0 Å². The fourth-order valence-electron chi connectivity index (χ4n) is 3.07. The van der Waals surface area contributed by atoms with Crippen molar-refractivity contribution in [1.82, 2.24) is 4.90 Å². The van der Waals surface area contributed by atoms with Crippen LogP contribution in [0, 0.1) is 0 Å². The van der Waals surface area contributed by atoms with E-state index in [1.807, 2.05) is 25.7 Å². The van der Waals surface area contributed by atoms with Crippen LogP contribution in [0.5, 0.6) is 0 Å². The Hall–Kier alpha value is -1.23. The number of hydrogen-bond acceptors (Lipinski definition) is 3. The maximum atomic E-state index is 12.2. The van der Waals surface area contributed by atoms with Crippen LogP contribution in [0.15, 0.2) is 22.7 Å². The predicted octanol–water partition coefficient (Wildman–Crippen LogP) is 3.43. The molecule has 0 aromatic heterocycles. The summed E-state index contributed by atoms with van der Waals surface area (Å²) in [6.07, 6.45) is 0.807. The van der Waals surface area contributed by atoms with Crippen molar-refractivity contribution in [3.63, 3.8) is 0 Å². The fraction of sp³-hybridized carbons (Fsp3) is 0.562. The lowest BCUT2D eigenvalue weighted by Gasteiger charge is -2.39. The Morgan fingerprint density at radius 2 is 2.10 bits per heavy atom. The standard InChI is InChI=1S/C16H21BrN2O2/c1-16(2,3)21-15(20)18-6-7-19-13(10-18)8-11-4-5-12(17)9-14(11)19/h4-5,9,13H,6-8,10H2,1-3H3. The number of carbonyl (C=O) groups is 1. The second-order valence-electron chi connectivity index (χ2n) is 6.75. The number of amides is 1. The zero-order valence-electron chi connectivity index (χ0n) is 12.7.